The van der Waals surface area contributed by atoms with E-state index in [4.69, 9.17) is 4.74 Å². The molecular formula is C17H18N6O2. The fourth-order valence-electron chi connectivity index (χ4n) is 3.38. The molecular weight excluding hydrogens is 320 g/mol. The van der Waals surface area contributed by atoms with Gasteiger partial charge in [0.15, 0.2) is 0 Å². The number of fused-ring (bicyclic) bond motifs is 3. The lowest BCUT2D eigenvalue weighted by Gasteiger charge is -2.19. The van der Waals surface area contributed by atoms with Gasteiger partial charge in [-0.3, -0.25) is 0 Å². The topological polar surface area (TPSA) is 96.0 Å². The van der Waals surface area contributed by atoms with Gasteiger partial charge in [0, 0.05) is 30.6 Å². The minimum absolute atomic E-state index is 0.118. The minimum atomic E-state index is -0.306. The molecule has 2 fully saturated rings. The highest BCUT2D eigenvalue weighted by atomic mass is 16.6. The maximum Gasteiger partial charge on any atom is 0.407 e. The molecule has 1 aliphatic heterocycles. The van der Waals surface area contributed by atoms with Crippen LogP contribution in [0.2, 0.25) is 0 Å². The van der Waals surface area contributed by atoms with Crippen LogP contribution in [0, 0.1) is 0 Å². The fourth-order valence-corrected chi connectivity index (χ4v) is 3.38. The second kappa shape index (κ2) is 5.58. The summed E-state index contributed by atoms with van der Waals surface area (Å²) in [5.41, 5.74) is 1.63. The predicted molar refractivity (Wildman–Crippen MR) is 92.4 cm³/mol. The monoisotopic (exact) mass is 338 g/mol. The van der Waals surface area contributed by atoms with Gasteiger partial charge in [-0.2, -0.15) is 0 Å². The van der Waals surface area contributed by atoms with Crippen molar-refractivity contribution in [3.05, 3.63) is 24.8 Å². The first-order valence-corrected chi connectivity index (χ1v) is 8.57. The van der Waals surface area contributed by atoms with Crippen molar-refractivity contribution in [1.82, 2.24) is 25.3 Å². The molecule has 1 saturated carbocycles. The van der Waals surface area contributed by atoms with E-state index in [0.29, 0.717) is 12.6 Å². The van der Waals surface area contributed by atoms with Crippen LogP contribution in [0.25, 0.3) is 21.9 Å². The SMILES string of the molecule is O=C(NC1CC1)OC1CCN(c2ncnc3cnc4[nH]ccc4c23)C1. The van der Waals surface area contributed by atoms with Gasteiger partial charge >= 0.3 is 6.09 Å². The zero-order valence-electron chi connectivity index (χ0n) is 13.6. The van der Waals surface area contributed by atoms with E-state index < -0.39 is 0 Å². The molecule has 1 unspecified atom stereocenters. The summed E-state index contributed by atoms with van der Waals surface area (Å²) in [5.74, 6) is 0.866. The van der Waals surface area contributed by atoms with E-state index in [0.717, 1.165) is 53.6 Å². The van der Waals surface area contributed by atoms with Crippen molar-refractivity contribution in [1.29, 1.82) is 0 Å². The van der Waals surface area contributed by atoms with Crippen LogP contribution in [0.5, 0.6) is 0 Å². The normalized spacial score (nSPS) is 20.3. The van der Waals surface area contributed by atoms with Gasteiger partial charge in [0.25, 0.3) is 0 Å². The summed E-state index contributed by atoms with van der Waals surface area (Å²) >= 11 is 0. The Morgan fingerprint density at radius 1 is 1.28 bits per heavy atom. The number of hydrogen-bond donors (Lipinski definition) is 2. The summed E-state index contributed by atoms with van der Waals surface area (Å²) in [6.07, 6.45) is 7.67. The molecule has 128 valence electrons. The van der Waals surface area contributed by atoms with Gasteiger partial charge in [-0.15, -0.1) is 0 Å². The summed E-state index contributed by atoms with van der Waals surface area (Å²) in [5, 5.41) is 4.85. The first-order valence-electron chi connectivity index (χ1n) is 8.57. The van der Waals surface area contributed by atoms with Crippen molar-refractivity contribution >= 4 is 33.8 Å². The van der Waals surface area contributed by atoms with Gasteiger partial charge in [0.1, 0.15) is 23.9 Å². The van der Waals surface area contributed by atoms with Crippen LogP contribution in [0.4, 0.5) is 10.6 Å². The van der Waals surface area contributed by atoms with E-state index in [2.05, 4.69) is 30.2 Å². The number of aromatic amines is 1. The molecule has 2 aliphatic rings. The molecule has 3 aromatic rings. The third-order valence-electron chi connectivity index (χ3n) is 4.78. The van der Waals surface area contributed by atoms with E-state index in [-0.39, 0.29) is 12.2 Å². The summed E-state index contributed by atoms with van der Waals surface area (Å²) < 4.78 is 5.54. The van der Waals surface area contributed by atoms with Crippen LogP contribution in [-0.4, -0.2) is 51.3 Å². The van der Waals surface area contributed by atoms with Gasteiger partial charge in [-0.05, 0) is 18.9 Å². The van der Waals surface area contributed by atoms with E-state index in [9.17, 15) is 4.79 Å². The highest BCUT2D eigenvalue weighted by molar-refractivity contribution is 6.08. The molecule has 0 aromatic carbocycles. The molecule has 8 heteroatoms. The Bertz CT molecular complexity index is 951. The molecule has 1 amide bonds. The van der Waals surface area contributed by atoms with Crippen molar-refractivity contribution in [2.24, 2.45) is 0 Å². The maximum absolute atomic E-state index is 11.9. The van der Waals surface area contributed by atoms with Crippen LogP contribution in [-0.2, 0) is 4.74 Å². The van der Waals surface area contributed by atoms with Gasteiger partial charge in [0.2, 0.25) is 0 Å². The number of amides is 1. The van der Waals surface area contributed by atoms with Crippen molar-refractivity contribution in [3.8, 4) is 0 Å². The Morgan fingerprint density at radius 2 is 2.20 bits per heavy atom. The third-order valence-corrected chi connectivity index (χ3v) is 4.78. The van der Waals surface area contributed by atoms with Gasteiger partial charge in [-0.25, -0.2) is 19.7 Å². The molecule has 1 aliphatic carbocycles. The smallest absolute Gasteiger partial charge is 0.407 e. The van der Waals surface area contributed by atoms with Crippen LogP contribution in [0.1, 0.15) is 19.3 Å². The van der Waals surface area contributed by atoms with Gasteiger partial charge in [-0.1, -0.05) is 0 Å². The van der Waals surface area contributed by atoms with Crippen LogP contribution >= 0.6 is 0 Å². The van der Waals surface area contributed by atoms with E-state index in [1.54, 1.807) is 12.5 Å². The number of pyridine rings is 1. The zero-order chi connectivity index (χ0) is 16.8. The van der Waals surface area contributed by atoms with E-state index >= 15 is 0 Å². The van der Waals surface area contributed by atoms with Gasteiger partial charge < -0.3 is 19.9 Å². The highest BCUT2D eigenvalue weighted by Gasteiger charge is 2.30. The second-order valence-electron chi connectivity index (χ2n) is 6.64. The maximum atomic E-state index is 11.9. The summed E-state index contributed by atoms with van der Waals surface area (Å²) in [4.78, 5) is 30.4. The Kier molecular flexibility index (Phi) is 3.22. The summed E-state index contributed by atoms with van der Waals surface area (Å²) in [6, 6.07) is 2.30. The van der Waals surface area contributed by atoms with Crippen LogP contribution in [0.3, 0.4) is 0 Å². The number of carbonyl (C=O) groups excluding carboxylic acids is 1. The lowest BCUT2D eigenvalue weighted by molar-refractivity contribution is 0.108. The molecule has 4 heterocycles. The predicted octanol–water partition coefficient (Wildman–Crippen LogP) is 1.97. The second-order valence-corrected chi connectivity index (χ2v) is 6.64. The Labute approximate surface area is 143 Å². The van der Waals surface area contributed by atoms with Crippen LogP contribution < -0.4 is 10.2 Å². The number of aromatic nitrogens is 4. The number of carbonyl (C=O) groups is 1. The molecule has 0 spiro atoms. The van der Waals surface area contributed by atoms with Crippen molar-refractivity contribution < 1.29 is 9.53 Å². The first-order chi connectivity index (χ1) is 12.3. The summed E-state index contributed by atoms with van der Waals surface area (Å²) in [6.45, 7) is 1.43. The number of ether oxygens (including phenoxy) is 1. The minimum Gasteiger partial charge on any atom is -0.444 e. The average Bonchev–Trinajstić information content (AvgIpc) is 3.11. The molecule has 1 saturated heterocycles. The number of alkyl carbamates (subject to hydrolysis) is 1. The highest BCUT2D eigenvalue weighted by Crippen LogP contribution is 2.31. The number of nitrogens with one attached hydrogen (secondary N) is 2. The summed E-state index contributed by atoms with van der Waals surface area (Å²) in [7, 11) is 0. The molecule has 3 aromatic heterocycles. The standard InChI is InChI=1S/C17H18N6O2/c24-17(22-10-1-2-10)25-11-4-6-23(8-11)16-14-12-3-5-18-15(12)19-7-13(14)20-9-21-16/h3,5,7,9-11H,1-2,4,6,8H2,(H,18,19)(H,22,24). The number of anilines is 1. The molecule has 1 atom stereocenters. The lowest BCUT2D eigenvalue weighted by atomic mass is 10.2. The van der Waals surface area contributed by atoms with E-state index in [1.165, 1.54) is 0 Å². The molecule has 25 heavy (non-hydrogen) atoms. The fraction of sp³-hybridized carbons (Fsp3) is 0.412. The number of rotatable bonds is 3. The quantitative estimate of drug-likeness (QED) is 0.758. The molecule has 2 N–H and O–H groups in total. The molecule has 5 rings (SSSR count). The Hall–Kier alpha value is -2.90. The molecule has 0 radical (unpaired) electrons. The zero-order valence-corrected chi connectivity index (χ0v) is 13.6. The number of hydrogen-bond acceptors (Lipinski definition) is 6. The Balaban J connectivity index is 1.41. The lowest BCUT2D eigenvalue weighted by Crippen LogP contribution is -2.32. The van der Waals surface area contributed by atoms with Crippen LogP contribution in [0.15, 0.2) is 24.8 Å². The van der Waals surface area contributed by atoms with Crippen molar-refractivity contribution in [3.63, 3.8) is 0 Å². The molecule has 0 bridgehead atoms. The Morgan fingerprint density at radius 3 is 3.08 bits per heavy atom. The largest absolute Gasteiger partial charge is 0.444 e. The third kappa shape index (κ3) is 2.63. The average molecular weight is 338 g/mol. The number of H-pyrrole nitrogens is 1. The van der Waals surface area contributed by atoms with Crippen molar-refractivity contribution in [2.45, 2.75) is 31.4 Å². The first kappa shape index (κ1) is 14.4. The van der Waals surface area contributed by atoms with E-state index in [1.807, 2.05) is 12.3 Å². The van der Waals surface area contributed by atoms with Crippen molar-refractivity contribution in [2.75, 3.05) is 18.0 Å². The number of nitrogens with zero attached hydrogens (tertiary/aromatic N) is 4. The molecule has 8 nitrogen and oxygen atoms in total. The van der Waals surface area contributed by atoms with Gasteiger partial charge in [0.05, 0.1) is 23.6 Å².